The maximum atomic E-state index is 14.6. The van der Waals surface area contributed by atoms with E-state index in [-0.39, 0.29) is 122 Å². The number of carbonyl (C=O) groups is 1. The van der Waals surface area contributed by atoms with Gasteiger partial charge in [-0.25, -0.2) is 0 Å². The van der Waals surface area contributed by atoms with E-state index in [1.54, 1.807) is 0 Å². The molecule has 16 aliphatic rings. The maximum Gasteiger partial charge on any atom is 0.308 e. The number of aliphatic hydroxyl groups is 2. The second-order valence-electron chi connectivity index (χ2n) is 27.8. The van der Waals surface area contributed by atoms with Crippen molar-refractivity contribution in [3.8, 4) is 0 Å². The lowest BCUT2D eigenvalue weighted by atomic mass is 9.80. The van der Waals surface area contributed by atoms with Gasteiger partial charge in [-0.3, -0.25) is 4.79 Å². The van der Waals surface area contributed by atoms with Gasteiger partial charge in [0.2, 0.25) is 0 Å². The van der Waals surface area contributed by atoms with Crippen LogP contribution in [0.3, 0.4) is 0 Å². The topological polar surface area (TPSA) is 231 Å². The van der Waals surface area contributed by atoms with Gasteiger partial charge >= 0.3 is 5.97 Å². The Morgan fingerprint density at radius 1 is 0.575 bits per heavy atom. The molecule has 0 amide bonds. The molecule has 16 fully saturated rings. The minimum absolute atomic E-state index is 0.00646. The Balaban J connectivity index is 0.658. The Morgan fingerprint density at radius 3 is 2.14 bits per heavy atom. The molecule has 446 valence electrons. The van der Waals surface area contributed by atoms with Crippen LogP contribution in [0.4, 0.5) is 0 Å². The summed E-state index contributed by atoms with van der Waals surface area (Å²) in [5.74, 6) is -3.16. The summed E-state index contributed by atoms with van der Waals surface area (Å²) in [6.45, 7) is 19.9. The summed E-state index contributed by atoms with van der Waals surface area (Å²) in [6, 6.07) is 0. The van der Waals surface area contributed by atoms with Gasteiger partial charge in [-0.05, 0) is 80.8 Å². The fourth-order valence-electron chi connectivity index (χ4n) is 18.1. The highest BCUT2D eigenvalue weighted by atomic mass is 16.9. The Morgan fingerprint density at radius 2 is 1.30 bits per heavy atom. The number of esters is 1. The van der Waals surface area contributed by atoms with E-state index in [4.69, 9.17) is 81.5 Å². The van der Waals surface area contributed by atoms with Crippen LogP contribution in [-0.4, -0.2) is 193 Å². The van der Waals surface area contributed by atoms with Crippen molar-refractivity contribution in [3.63, 3.8) is 0 Å². The first-order valence-corrected chi connectivity index (χ1v) is 30.9. The number of hydrogen-bond donors (Lipinski definition) is 3. The Hall–Kier alpha value is -1.77. The van der Waals surface area contributed by atoms with Crippen LogP contribution in [-0.2, 0) is 80.6 Å². The third-order valence-corrected chi connectivity index (χ3v) is 21.9. The van der Waals surface area contributed by atoms with Crippen LogP contribution in [0.5, 0.6) is 0 Å². The molecular formula is C60H87NO19. The van der Waals surface area contributed by atoms with Gasteiger partial charge in [-0.1, -0.05) is 40.9 Å². The van der Waals surface area contributed by atoms with Gasteiger partial charge in [-0.2, -0.15) is 0 Å². The first kappa shape index (κ1) is 54.9. The first-order chi connectivity index (χ1) is 38.3. The lowest BCUT2D eigenvalue weighted by molar-refractivity contribution is -0.392. The molecule has 0 radical (unpaired) electrons. The zero-order valence-corrected chi connectivity index (χ0v) is 47.2. The third-order valence-electron chi connectivity index (χ3n) is 21.9. The van der Waals surface area contributed by atoms with E-state index in [1.807, 2.05) is 0 Å². The molecule has 16 saturated heterocycles. The Labute approximate surface area is 469 Å². The van der Waals surface area contributed by atoms with E-state index in [1.165, 1.54) is 0 Å². The zero-order valence-electron chi connectivity index (χ0n) is 47.2. The van der Waals surface area contributed by atoms with Crippen molar-refractivity contribution < 1.29 is 90.8 Å². The molecule has 0 aliphatic carbocycles. The number of nitrogens with two attached hydrogens (primary N) is 1. The largest absolute Gasteiger partial charge is 0.459 e. The number of aliphatic hydroxyl groups excluding tert-OH is 2. The summed E-state index contributed by atoms with van der Waals surface area (Å²) in [6.07, 6.45) is -0.457. The van der Waals surface area contributed by atoms with Crippen LogP contribution >= 0.6 is 0 Å². The minimum atomic E-state index is -1.04. The van der Waals surface area contributed by atoms with Crippen molar-refractivity contribution in [3.05, 3.63) is 24.3 Å². The molecule has 20 nitrogen and oxygen atoms in total. The van der Waals surface area contributed by atoms with Crippen LogP contribution < -0.4 is 5.73 Å². The number of carbonyl (C=O) groups excluding carboxylic acids is 1. The molecule has 12 bridgehead atoms. The second-order valence-corrected chi connectivity index (χ2v) is 27.8. The van der Waals surface area contributed by atoms with Crippen LogP contribution in [0.1, 0.15) is 144 Å². The molecule has 32 unspecified atom stereocenters. The number of fused-ring (bicyclic) bond motifs is 10. The maximum absolute atomic E-state index is 14.6. The SMILES string of the molecule is C=C1CC2CCC34CC5(C)OC6C(O3)C3OC(CCC3OC6C5O4)CC(=O)OC3C(CC4OC(CCC1O2)CC(C)C4=C)OC1OC2OC4(CC2OC1C3C)CC1OC2(CC(C)C3OC(C(O)CC(O)CN)CC3O2)CC(C)C1O4. The fourth-order valence-corrected chi connectivity index (χ4v) is 18.1. The normalized spacial score (nSPS) is 57.6. The number of rotatable bonds is 4. The summed E-state index contributed by atoms with van der Waals surface area (Å²) in [7, 11) is 0. The predicted octanol–water partition coefficient (Wildman–Crippen LogP) is 4.82. The summed E-state index contributed by atoms with van der Waals surface area (Å²) >= 11 is 0. The highest BCUT2D eigenvalue weighted by molar-refractivity contribution is 5.70. The molecule has 0 aromatic carbocycles. The molecule has 20 heteroatoms. The van der Waals surface area contributed by atoms with E-state index in [0.717, 1.165) is 43.3 Å². The molecule has 4 N–H and O–H groups in total. The van der Waals surface area contributed by atoms with Crippen molar-refractivity contribution in [1.29, 1.82) is 0 Å². The number of ether oxygens (including phenoxy) is 16. The van der Waals surface area contributed by atoms with Gasteiger partial charge in [0.05, 0.1) is 85.8 Å². The molecule has 0 aromatic heterocycles. The standard InChI is InChI=1S/C60H87NO19/c1-26-14-33-8-10-37-27(2)15-35(65-37)12-13-58-25-57(7)54(79-58)53-52(76-57)51(78-58)50-38(68-53)11-9-34(67-50)17-45(64)72-48-31(6)49-56(71-41(48)18-39(66-33)30(26)5)73-55-44(70-49)23-60(80-55)22-43-47(77-60)29(4)21-59(75-43)20-28(3)46-42(74-59)19-40(69-46)36(63)16-32(62)24-61/h26,28-29,31-44,46-56,62-63H,2,5,8-25,61H2,1,3-4,6-7H3. The van der Waals surface area contributed by atoms with E-state index in [2.05, 4.69) is 47.8 Å². The molecule has 32 atom stereocenters. The van der Waals surface area contributed by atoms with Crippen LogP contribution in [0.2, 0.25) is 0 Å². The van der Waals surface area contributed by atoms with E-state index >= 15 is 0 Å². The highest BCUT2D eigenvalue weighted by Crippen LogP contribution is 2.60. The summed E-state index contributed by atoms with van der Waals surface area (Å²) in [5.41, 5.74) is 7.20. The molecule has 0 aromatic rings. The van der Waals surface area contributed by atoms with Crippen molar-refractivity contribution in [2.45, 2.75) is 314 Å². The van der Waals surface area contributed by atoms with Crippen molar-refractivity contribution in [2.24, 2.45) is 29.4 Å². The molecule has 0 saturated carbocycles. The summed E-state index contributed by atoms with van der Waals surface area (Å²) in [5, 5.41) is 21.1. The zero-order chi connectivity index (χ0) is 54.9. The average Bonchev–Trinajstić information content (AvgIpc) is 4.25. The van der Waals surface area contributed by atoms with Crippen LogP contribution in [0.25, 0.3) is 0 Å². The average molecular weight is 1130 g/mol. The van der Waals surface area contributed by atoms with Crippen LogP contribution in [0, 0.1) is 23.7 Å². The van der Waals surface area contributed by atoms with E-state index < -0.39 is 96.6 Å². The lowest BCUT2D eigenvalue weighted by Crippen LogP contribution is -2.62. The van der Waals surface area contributed by atoms with Gasteiger partial charge in [0.1, 0.15) is 60.5 Å². The molecular weight excluding hydrogens is 1040 g/mol. The Bertz CT molecular complexity index is 2400. The summed E-state index contributed by atoms with van der Waals surface area (Å²) < 4.78 is 110. The van der Waals surface area contributed by atoms with E-state index in [0.29, 0.717) is 64.2 Å². The van der Waals surface area contributed by atoms with Gasteiger partial charge in [0.25, 0.3) is 0 Å². The van der Waals surface area contributed by atoms with E-state index in [9.17, 15) is 15.0 Å². The minimum Gasteiger partial charge on any atom is -0.459 e. The highest BCUT2D eigenvalue weighted by Gasteiger charge is 2.73. The fraction of sp³-hybridized carbons (Fsp3) is 0.917. The van der Waals surface area contributed by atoms with Gasteiger partial charge < -0.3 is 91.7 Å². The van der Waals surface area contributed by atoms with Crippen molar-refractivity contribution in [1.82, 2.24) is 0 Å². The van der Waals surface area contributed by atoms with Crippen molar-refractivity contribution in [2.75, 3.05) is 6.54 Å². The third kappa shape index (κ3) is 9.31. The lowest BCUT2D eigenvalue weighted by Gasteiger charge is -2.50. The predicted molar refractivity (Wildman–Crippen MR) is 277 cm³/mol. The van der Waals surface area contributed by atoms with Gasteiger partial charge in [-0.15, -0.1) is 0 Å². The molecule has 3 spiro atoms. The molecule has 80 heavy (non-hydrogen) atoms. The smallest absolute Gasteiger partial charge is 0.308 e. The first-order valence-electron chi connectivity index (χ1n) is 30.9. The van der Waals surface area contributed by atoms with Crippen molar-refractivity contribution >= 4 is 5.97 Å². The molecule has 16 rings (SSSR count). The Kier molecular flexibility index (Phi) is 13.8. The van der Waals surface area contributed by atoms with Gasteiger partial charge in [0.15, 0.2) is 29.9 Å². The molecule has 16 heterocycles. The summed E-state index contributed by atoms with van der Waals surface area (Å²) in [4.78, 5) is 14.6. The molecule has 16 aliphatic heterocycles. The quantitative estimate of drug-likeness (QED) is 0.253. The number of hydrogen-bond acceptors (Lipinski definition) is 20. The van der Waals surface area contributed by atoms with Gasteiger partial charge in [0, 0.05) is 70.3 Å². The second kappa shape index (κ2) is 20.2. The monoisotopic (exact) mass is 1130 g/mol. The van der Waals surface area contributed by atoms with Crippen LogP contribution in [0.15, 0.2) is 24.3 Å².